The normalized spacial score (nSPS) is 13.2. The highest BCUT2D eigenvalue weighted by Gasteiger charge is 2.26. The molecule has 136 valence electrons. The lowest BCUT2D eigenvalue weighted by Crippen LogP contribution is -2.43. The molecule has 1 aliphatic heterocycles. The van der Waals surface area contributed by atoms with Crippen molar-refractivity contribution in [3.8, 4) is 11.5 Å². The van der Waals surface area contributed by atoms with Crippen LogP contribution < -0.4 is 19.7 Å². The number of amides is 2. The minimum atomic E-state index is -0.224. The van der Waals surface area contributed by atoms with E-state index in [1.54, 1.807) is 20.3 Å². The Morgan fingerprint density at radius 3 is 2.77 bits per heavy atom. The first-order chi connectivity index (χ1) is 12.6. The zero-order valence-electron chi connectivity index (χ0n) is 14.7. The third-order valence-corrected chi connectivity index (χ3v) is 5.13. The van der Waals surface area contributed by atoms with Gasteiger partial charge in [0, 0.05) is 23.1 Å². The summed E-state index contributed by atoms with van der Waals surface area (Å²) in [6, 6.07) is 13.0. The molecule has 0 unspecified atom stereocenters. The van der Waals surface area contributed by atoms with Gasteiger partial charge in [-0.1, -0.05) is 12.1 Å². The quantitative estimate of drug-likeness (QED) is 0.844. The Hall–Kier alpha value is -2.67. The standard InChI is InChI=1S/C19H20N2O4S/c1-24-14-8-7-13(16(9-14)25-2)10-20-18(22)11-21-15-5-3-4-6-17(15)26-12-19(21)23/h3-9H,10-12H2,1-2H3,(H,20,22). The molecule has 2 aromatic rings. The Kier molecular flexibility index (Phi) is 5.68. The molecule has 6 nitrogen and oxygen atoms in total. The van der Waals surface area contributed by atoms with Crippen molar-refractivity contribution < 1.29 is 19.1 Å². The molecule has 1 aliphatic rings. The molecule has 0 atom stereocenters. The van der Waals surface area contributed by atoms with Gasteiger partial charge in [0.2, 0.25) is 11.8 Å². The van der Waals surface area contributed by atoms with Crippen LogP contribution in [0.1, 0.15) is 5.56 Å². The Morgan fingerprint density at radius 1 is 1.19 bits per heavy atom. The fraction of sp³-hybridized carbons (Fsp3) is 0.263. The van der Waals surface area contributed by atoms with Crippen molar-refractivity contribution in [1.29, 1.82) is 0 Å². The highest BCUT2D eigenvalue weighted by atomic mass is 32.2. The predicted molar refractivity (Wildman–Crippen MR) is 101 cm³/mol. The Bertz CT molecular complexity index is 825. The monoisotopic (exact) mass is 372 g/mol. The van der Waals surface area contributed by atoms with Crippen LogP contribution in [0.2, 0.25) is 0 Å². The minimum Gasteiger partial charge on any atom is -0.497 e. The smallest absolute Gasteiger partial charge is 0.240 e. The zero-order valence-corrected chi connectivity index (χ0v) is 15.5. The van der Waals surface area contributed by atoms with Gasteiger partial charge in [-0.2, -0.15) is 0 Å². The minimum absolute atomic E-state index is 0.00508. The average Bonchev–Trinajstić information content (AvgIpc) is 2.68. The maximum absolute atomic E-state index is 12.4. The summed E-state index contributed by atoms with van der Waals surface area (Å²) in [7, 11) is 3.16. The van der Waals surface area contributed by atoms with E-state index in [-0.39, 0.29) is 18.4 Å². The van der Waals surface area contributed by atoms with Crippen LogP contribution in [0.3, 0.4) is 0 Å². The molecule has 7 heteroatoms. The second kappa shape index (κ2) is 8.14. The van der Waals surface area contributed by atoms with Crippen molar-refractivity contribution in [2.45, 2.75) is 11.4 Å². The summed E-state index contributed by atoms with van der Waals surface area (Å²) in [4.78, 5) is 27.2. The number of fused-ring (bicyclic) bond motifs is 1. The molecule has 0 aromatic heterocycles. The number of carbonyl (C=O) groups is 2. The van der Waals surface area contributed by atoms with Gasteiger partial charge in [-0.25, -0.2) is 0 Å². The predicted octanol–water partition coefficient (Wildman–Crippen LogP) is 2.46. The molecular weight excluding hydrogens is 352 g/mol. The topological polar surface area (TPSA) is 67.9 Å². The van der Waals surface area contributed by atoms with Crippen LogP contribution in [0.5, 0.6) is 11.5 Å². The number of hydrogen-bond acceptors (Lipinski definition) is 5. The molecule has 1 heterocycles. The molecule has 0 spiro atoms. The molecule has 2 aromatic carbocycles. The largest absolute Gasteiger partial charge is 0.497 e. The molecule has 3 rings (SSSR count). The molecule has 0 aliphatic carbocycles. The van der Waals surface area contributed by atoms with Crippen molar-refractivity contribution in [2.24, 2.45) is 0 Å². The average molecular weight is 372 g/mol. The van der Waals surface area contributed by atoms with Crippen molar-refractivity contribution >= 4 is 29.3 Å². The lowest BCUT2D eigenvalue weighted by Gasteiger charge is -2.28. The molecule has 1 N–H and O–H groups in total. The fourth-order valence-electron chi connectivity index (χ4n) is 2.72. The number of nitrogens with one attached hydrogen (secondary N) is 1. The number of anilines is 1. The van der Waals surface area contributed by atoms with Crippen LogP contribution in [0.15, 0.2) is 47.4 Å². The van der Waals surface area contributed by atoms with E-state index < -0.39 is 0 Å². The van der Waals surface area contributed by atoms with Crippen LogP contribution in [-0.2, 0) is 16.1 Å². The van der Waals surface area contributed by atoms with E-state index in [1.165, 1.54) is 16.7 Å². The summed E-state index contributed by atoms with van der Waals surface area (Å²) in [6.07, 6.45) is 0. The fourth-order valence-corrected chi connectivity index (χ4v) is 3.65. The molecule has 0 saturated carbocycles. The van der Waals surface area contributed by atoms with E-state index in [4.69, 9.17) is 9.47 Å². The Labute approximate surface area is 156 Å². The first-order valence-electron chi connectivity index (χ1n) is 8.12. The zero-order chi connectivity index (χ0) is 18.5. The molecule has 0 fully saturated rings. The maximum Gasteiger partial charge on any atom is 0.240 e. The first kappa shape index (κ1) is 18.1. The molecule has 2 amide bonds. The van der Waals surface area contributed by atoms with E-state index in [9.17, 15) is 9.59 Å². The van der Waals surface area contributed by atoms with E-state index in [0.29, 0.717) is 23.8 Å². The van der Waals surface area contributed by atoms with Crippen LogP contribution in [-0.4, -0.2) is 38.3 Å². The number of benzene rings is 2. The van der Waals surface area contributed by atoms with Gasteiger partial charge in [0.1, 0.15) is 18.0 Å². The number of thioether (sulfide) groups is 1. The van der Waals surface area contributed by atoms with Crippen molar-refractivity contribution in [3.05, 3.63) is 48.0 Å². The lowest BCUT2D eigenvalue weighted by molar-refractivity contribution is -0.123. The van der Waals surface area contributed by atoms with Crippen molar-refractivity contribution in [2.75, 3.05) is 31.4 Å². The van der Waals surface area contributed by atoms with Gasteiger partial charge < -0.3 is 19.7 Å². The Morgan fingerprint density at radius 2 is 2.00 bits per heavy atom. The highest BCUT2D eigenvalue weighted by molar-refractivity contribution is 8.00. The van der Waals surface area contributed by atoms with Crippen LogP contribution in [0.25, 0.3) is 0 Å². The number of carbonyl (C=O) groups excluding carboxylic acids is 2. The molecule has 26 heavy (non-hydrogen) atoms. The van der Waals surface area contributed by atoms with E-state index >= 15 is 0 Å². The van der Waals surface area contributed by atoms with Gasteiger partial charge in [0.15, 0.2) is 0 Å². The second-order valence-electron chi connectivity index (χ2n) is 5.69. The Balaban J connectivity index is 1.66. The molecule has 0 radical (unpaired) electrons. The number of ether oxygens (including phenoxy) is 2. The SMILES string of the molecule is COc1ccc(CNC(=O)CN2C(=O)CSc3ccccc32)c(OC)c1. The summed E-state index contributed by atoms with van der Waals surface area (Å²) >= 11 is 1.49. The molecular formula is C19H20N2O4S. The number of methoxy groups -OCH3 is 2. The van der Waals surface area contributed by atoms with E-state index in [2.05, 4.69) is 5.32 Å². The maximum atomic E-state index is 12.4. The van der Waals surface area contributed by atoms with Gasteiger partial charge in [-0.15, -0.1) is 11.8 Å². The number of rotatable bonds is 6. The third-order valence-electron chi connectivity index (χ3n) is 4.08. The van der Waals surface area contributed by atoms with E-state index in [1.807, 2.05) is 36.4 Å². The lowest BCUT2D eigenvalue weighted by atomic mass is 10.2. The van der Waals surface area contributed by atoms with Gasteiger partial charge in [0.05, 0.1) is 25.7 Å². The van der Waals surface area contributed by atoms with E-state index in [0.717, 1.165) is 16.1 Å². The van der Waals surface area contributed by atoms with Crippen molar-refractivity contribution in [3.63, 3.8) is 0 Å². The number of para-hydroxylation sites is 1. The van der Waals surface area contributed by atoms with Gasteiger partial charge >= 0.3 is 0 Å². The number of nitrogens with zero attached hydrogens (tertiary/aromatic N) is 1. The van der Waals surface area contributed by atoms with Gasteiger partial charge in [-0.3, -0.25) is 9.59 Å². The molecule has 0 bridgehead atoms. The summed E-state index contributed by atoms with van der Waals surface area (Å²) in [5.41, 5.74) is 1.62. The first-order valence-corrected chi connectivity index (χ1v) is 9.10. The van der Waals surface area contributed by atoms with Crippen LogP contribution in [0.4, 0.5) is 5.69 Å². The number of hydrogen-bond donors (Lipinski definition) is 1. The summed E-state index contributed by atoms with van der Waals surface area (Å²) < 4.78 is 10.5. The summed E-state index contributed by atoms with van der Waals surface area (Å²) in [6.45, 7) is 0.305. The van der Waals surface area contributed by atoms with Crippen LogP contribution >= 0.6 is 11.8 Å². The third kappa shape index (κ3) is 3.94. The van der Waals surface area contributed by atoms with Crippen molar-refractivity contribution in [1.82, 2.24) is 5.32 Å². The van der Waals surface area contributed by atoms with Gasteiger partial charge in [0.25, 0.3) is 0 Å². The second-order valence-corrected chi connectivity index (χ2v) is 6.71. The molecule has 0 saturated heterocycles. The van der Waals surface area contributed by atoms with Crippen LogP contribution in [0, 0.1) is 0 Å². The van der Waals surface area contributed by atoms with Gasteiger partial charge in [-0.05, 0) is 24.3 Å². The summed E-state index contributed by atoms with van der Waals surface area (Å²) in [5, 5.41) is 2.85. The summed E-state index contributed by atoms with van der Waals surface area (Å²) in [5.74, 6) is 1.38. The highest BCUT2D eigenvalue weighted by Crippen LogP contribution is 2.34.